The topological polar surface area (TPSA) is 117 Å². The van der Waals surface area contributed by atoms with Gasteiger partial charge >= 0.3 is 23.9 Å². The molecular formula is C30H47NO8. The van der Waals surface area contributed by atoms with Gasteiger partial charge in [-0.05, 0) is 41.9 Å². The van der Waals surface area contributed by atoms with Crippen molar-refractivity contribution in [1.82, 2.24) is 5.32 Å². The van der Waals surface area contributed by atoms with E-state index in [2.05, 4.69) is 5.32 Å². The van der Waals surface area contributed by atoms with Crippen LogP contribution in [0.15, 0.2) is 18.2 Å². The van der Waals surface area contributed by atoms with Crippen LogP contribution in [-0.4, -0.2) is 50.2 Å². The Hall–Kier alpha value is -2.94. The van der Waals surface area contributed by atoms with Crippen molar-refractivity contribution < 1.29 is 38.1 Å². The number of carbonyl (C=O) groups is 4. The molecule has 0 fully saturated rings. The van der Waals surface area contributed by atoms with Gasteiger partial charge in [0.2, 0.25) is 0 Å². The number of methoxy groups -OCH3 is 1. The molecule has 1 aromatic carbocycles. The van der Waals surface area contributed by atoms with Crippen LogP contribution >= 0.6 is 0 Å². The molecule has 1 N–H and O–H groups in total. The number of esters is 4. The van der Waals surface area contributed by atoms with Crippen LogP contribution in [0.3, 0.4) is 0 Å². The van der Waals surface area contributed by atoms with Gasteiger partial charge in [0.05, 0.1) is 18.9 Å². The molecule has 9 heteroatoms. The molecule has 0 aliphatic heterocycles. The number of rotatable bonds is 16. The fraction of sp³-hybridized carbons (Fsp3) is 0.667. The van der Waals surface area contributed by atoms with E-state index in [1.54, 1.807) is 32.0 Å². The molecule has 0 bridgehead atoms. The van der Waals surface area contributed by atoms with Crippen molar-refractivity contribution in [2.24, 2.45) is 29.6 Å². The number of hydrogen-bond acceptors (Lipinski definition) is 9. The third-order valence-electron chi connectivity index (χ3n) is 7.07. The fourth-order valence-corrected chi connectivity index (χ4v) is 3.29. The molecule has 0 saturated carbocycles. The molecule has 220 valence electrons. The van der Waals surface area contributed by atoms with Gasteiger partial charge in [0.15, 0.2) is 11.5 Å². The van der Waals surface area contributed by atoms with Gasteiger partial charge in [-0.3, -0.25) is 19.2 Å². The standard InChI is InChI=1S/C30H47NO8/c1-10-20(6)15-27(32)37-14-13-31-24(30(35)36-9)16-23-11-12-25(38-28(33)21(7)18(2)3)26(17-23)39-29(34)22(8)19(4)5/h11-12,17-22,24,31H,10,13-16H2,1-9H3/t20?,21?,22?,24-/m0/s1. The molecule has 9 nitrogen and oxygen atoms in total. The van der Waals surface area contributed by atoms with E-state index in [-0.39, 0.29) is 66.6 Å². The van der Waals surface area contributed by atoms with Gasteiger partial charge in [-0.2, -0.15) is 0 Å². The first kappa shape index (κ1) is 34.1. The van der Waals surface area contributed by atoms with Crippen LogP contribution < -0.4 is 14.8 Å². The zero-order valence-corrected chi connectivity index (χ0v) is 25.0. The summed E-state index contributed by atoms with van der Waals surface area (Å²) in [6, 6.07) is 4.12. The van der Waals surface area contributed by atoms with Crippen molar-refractivity contribution in [3.63, 3.8) is 0 Å². The second-order valence-corrected chi connectivity index (χ2v) is 10.9. The molecule has 0 radical (unpaired) electrons. The lowest BCUT2D eigenvalue weighted by atomic mass is 9.98. The first-order chi connectivity index (χ1) is 18.3. The molecule has 1 rings (SSSR count). The maximum absolute atomic E-state index is 12.7. The van der Waals surface area contributed by atoms with Crippen LogP contribution in [-0.2, 0) is 35.1 Å². The molecule has 0 aliphatic rings. The number of carbonyl (C=O) groups excluding carboxylic acids is 4. The summed E-state index contributed by atoms with van der Waals surface area (Å²) in [6.07, 6.45) is 1.44. The number of benzene rings is 1. The average Bonchev–Trinajstić information content (AvgIpc) is 2.89. The van der Waals surface area contributed by atoms with E-state index in [1.165, 1.54) is 7.11 Å². The number of hydrogen-bond donors (Lipinski definition) is 1. The molecule has 1 aromatic rings. The van der Waals surface area contributed by atoms with E-state index in [0.29, 0.717) is 12.0 Å². The van der Waals surface area contributed by atoms with E-state index in [9.17, 15) is 19.2 Å². The van der Waals surface area contributed by atoms with Gasteiger partial charge in [-0.25, -0.2) is 0 Å². The summed E-state index contributed by atoms with van der Waals surface area (Å²) in [7, 11) is 1.29. The Morgan fingerprint density at radius 1 is 0.821 bits per heavy atom. The second-order valence-electron chi connectivity index (χ2n) is 10.9. The summed E-state index contributed by atoms with van der Waals surface area (Å²) in [5, 5.41) is 3.06. The van der Waals surface area contributed by atoms with Gasteiger partial charge in [-0.1, -0.05) is 67.9 Å². The molecule has 0 amide bonds. The SMILES string of the molecule is CCC(C)CC(=O)OCCN[C@@H](Cc1ccc(OC(=O)C(C)C(C)C)c(OC(=O)C(C)C(C)C)c1)C(=O)OC. The highest BCUT2D eigenvalue weighted by Gasteiger charge is 2.25. The summed E-state index contributed by atoms with van der Waals surface area (Å²) < 4.78 is 21.5. The lowest BCUT2D eigenvalue weighted by molar-refractivity contribution is -0.145. The van der Waals surface area contributed by atoms with Crippen LogP contribution in [0.25, 0.3) is 0 Å². The average molecular weight is 550 g/mol. The number of nitrogens with one attached hydrogen (secondary N) is 1. The Bertz CT molecular complexity index is 958. The zero-order chi connectivity index (χ0) is 29.7. The smallest absolute Gasteiger partial charge is 0.323 e. The molecular weight excluding hydrogens is 502 g/mol. The molecule has 3 unspecified atom stereocenters. The highest BCUT2D eigenvalue weighted by Crippen LogP contribution is 2.31. The van der Waals surface area contributed by atoms with Crippen LogP contribution in [0, 0.1) is 29.6 Å². The minimum atomic E-state index is -0.740. The quantitative estimate of drug-likeness (QED) is 0.177. The Balaban J connectivity index is 3.07. The van der Waals surface area contributed by atoms with E-state index in [1.807, 2.05) is 41.5 Å². The fourth-order valence-electron chi connectivity index (χ4n) is 3.29. The monoisotopic (exact) mass is 549 g/mol. The van der Waals surface area contributed by atoms with Crippen molar-refractivity contribution in [3.05, 3.63) is 23.8 Å². The predicted octanol–water partition coefficient (Wildman–Crippen LogP) is 4.73. The van der Waals surface area contributed by atoms with Gasteiger partial charge in [0.25, 0.3) is 0 Å². The highest BCUT2D eigenvalue weighted by molar-refractivity contribution is 5.79. The van der Waals surface area contributed by atoms with Gasteiger partial charge < -0.3 is 24.3 Å². The molecule has 0 aromatic heterocycles. The maximum Gasteiger partial charge on any atom is 0.323 e. The van der Waals surface area contributed by atoms with Crippen LogP contribution in [0.5, 0.6) is 11.5 Å². The summed E-state index contributed by atoms with van der Waals surface area (Å²) >= 11 is 0. The first-order valence-corrected chi connectivity index (χ1v) is 13.8. The Labute approximate surface area is 233 Å². The molecule has 0 saturated heterocycles. The molecule has 0 spiro atoms. The van der Waals surface area contributed by atoms with E-state index < -0.39 is 23.9 Å². The molecule has 0 heterocycles. The lowest BCUT2D eigenvalue weighted by Crippen LogP contribution is -2.41. The van der Waals surface area contributed by atoms with Gasteiger partial charge in [0, 0.05) is 13.0 Å². The zero-order valence-electron chi connectivity index (χ0n) is 25.0. The van der Waals surface area contributed by atoms with E-state index in [0.717, 1.165) is 6.42 Å². The van der Waals surface area contributed by atoms with Gasteiger partial charge in [0.1, 0.15) is 12.6 Å². The van der Waals surface area contributed by atoms with Crippen LogP contribution in [0.2, 0.25) is 0 Å². The van der Waals surface area contributed by atoms with Crippen molar-refractivity contribution in [3.8, 4) is 11.5 Å². The summed E-state index contributed by atoms with van der Waals surface area (Å²) in [5.41, 5.74) is 0.656. The Kier molecular flexibility index (Phi) is 14.8. The lowest BCUT2D eigenvalue weighted by Gasteiger charge is -2.20. The Morgan fingerprint density at radius 3 is 1.90 bits per heavy atom. The summed E-state index contributed by atoms with van der Waals surface area (Å²) in [6.45, 7) is 15.6. The minimum absolute atomic E-state index is 0.0554. The first-order valence-electron chi connectivity index (χ1n) is 13.8. The summed E-state index contributed by atoms with van der Waals surface area (Å²) in [4.78, 5) is 49.8. The Morgan fingerprint density at radius 2 is 1.38 bits per heavy atom. The highest BCUT2D eigenvalue weighted by atomic mass is 16.6. The van der Waals surface area contributed by atoms with E-state index in [4.69, 9.17) is 18.9 Å². The maximum atomic E-state index is 12.7. The van der Waals surface area contributed by atoms with Crippen molar-refractivity contribution in [2.45, 2.75) is 80.7 Å². The molecule has 4 atom stereocenters. The van der Waals surface area contributed by atoms with Crippen molar-refractivity contribution >= 4 is 23.9 Å². The molecule has 39 heavy (non-hydrogen) atoms. The normalized spacial score (nSPS) is 14.3. The largest absolute Gasteiger partial charge is 0.468 e. The predicted molar refractivity (Wildman–Crippen MR) is 148 cm³/mol. The van der Waals surface area contributed by atoms with Crippen LogP contribution in [0.4, 0.5) is 0 Å². The van der Waals surface area contributed by atoms with Crippen LogP contribution in [0.1, 0.15) is 73.8 Å². The summed E-state index contributed by atoms with van der Waals surface area (Å²) in [5.74, 6) is -1.75. The molecule has 0 aliphatic carbocycles. The number of ether oxygens (including phenoxy) is 4. The van der Waals surface area contributed by atoms with Crippen molar-refractivity contribution in [2.75, 3.05) is 20.3 Å². The van der Waals surface area contributed by atoms with E-state index >= 15 is 0 Å². The van der Waals surface area contributed by atoms with Gasteiger partial charge in [-0.15, -0.1) is 0 Å². The third kappa shape index (κ3) is 11.8. The third-order valence-corrected chi connectivity index (χ3v) is 7.07. The minimum Gasteiger partial charge on any atom is -0.468 e. The second kappa shape index (κ2) is 16.9. The van der Waals surface area contributed by atoms with Crippen molar-refractivity contribution in [1.29, 1.82) is 0 Å².